The molecule has 1 N–H and O–H groups in total. The average molecular weight is 326 g/mol. The van der Waals surface area contributed by atoms with Crippen molar-refractivity contribution in [2.24, 2.45) is 0 Å². The second kappa shape index (κ2) is 5.42. The number of benzene rings is 2. The molecule has 3 aromatic rings. The van der Waals surface area contributed by atoms with Gasteiger partial charge in [0.15, 0.2) is 11.6 Å². The number of aromatic nitrogens is 3. The van der Waals surface area contributed by atoms with Gasteiger partial charge in [-0.2, -0.15) is 5.10 Å². The van der Waals surface area contributed by atoms with E-state index in [0.717, 1.165) is 6.07 Å². The SMILES string of the molecule is Fc1cc(Cl)ccc1-c1n[nH]c(-c2ccc(Cl)cc2F)n1. The van der Waals surface area contributed by atoms with Gasteiger partial charge in [-0.15, -0.1) is 0 Å². The van der Waals surface area contributed by atoms with Crippen LogP contribution in [-0.4, -0.2) is 15.2 Å². The smallest absolute Gasteiger partial charge is 0.184 e. The van der Waals surface area contributed by atoms with E-state index in [-0.39, 0.29) is 32.8 Å². The molecule has 0 aliphatic carbocycles. The van der Waals surface area contributed by atoms with Crippen molar-refractivity contribution < 1.29 is 8.78 Å². The molecular weight excluding hydrogens is 319 g/mol. The third-order valence-corrected chi connectivity index (χ3v) is 3.31. The van der Waals surface area contributed by atoms with Gasteiger partial charge in [-0.1, -0.05) is 23.2 Å². The highest BCUT2D eigenvalue weighted by molar-refractivity contribution is 6.30. The maximum Gasteiger partial charge on any atom is 0.184 e. The third kappa shape index (κ3) is 2.75. The summed E-state index contributed by atoms with van der Waals surface area (Å²) in [5, 5.41) is 7.03. The number of aromatic amines is 1. The topological polar surface area (TPSA) is 41.6 Å². The summed E-state index contributed by atoms with van der Waals surface area (Å²) in [5.74, 6) is -0.784. The van der Waals surface area contributed by atoms with Gasteiger partial charge in [0.2, 0.25) is 0 Å². The molecule has 3 nitrogen and oxygen atoms in total. The van der Waals surface area contributed by atoms with Crippen molar-refractivity contribution in [3.05, 3.63) is 58.1 Å². The summed E-state index contributed by atoms with van der Waals surface area (Å²) >= 11 is 11.4. The number of hydrogen-bond donors (Lipinski definition) is 1. The fourth-order valence-corrected chi connectivity index (χ4v) is 2.17. The van der Waals surface area contributed by atoms with Gasteiger partial charge in [-0.05, 0) is 36.4 Å². The van der Waals surface area contributed by atoms with Crippen molar-refractivity contribution in [3.8, 4) is 22.8 Å². The molecule has 106 valence electrons. The highest BCUT2D eigenvalue weighted by Crippen LogP contribution is 2.26. The number of nitrogens with zero attached hydrogens (tertiary/aromatic N) is 2. The highest BCUT2D eigenvalue weighted by Gasteiger charge is 2.14. The molecule has 21 heavy (non-hydrogen) atoms. The number of H-pyrrole nitrogens is 1. The van der Waals surface area contributed by atoms with Crippen LogP contribution in [-0.2, 0) is 0 Å². The Labute approximate surface area is 128 Å². The van der Waals surface area contributed by atoms with E-state index in [2.05, 4.69) is 15.2 Å². The Hall–Kier alpha value is -1.98. The van der Waals surface area contributed by atoms with E-state index < -0.39 is 11.6 Å². The number of nitrogens with one attached hydrogen (secondary N) is 1. The molecule has 0 fully saturated rings. The van der Waals surface area contributed by atoms with E-state index in [1.165, 1.54) is 30.3 Å². The van der Waals surface area contributed by atoms with Crippen LogP contribution in [0.1, 0.15) is 0 Å². The zero-order valence-corrected chi connectivity index (χ0v) is 11.9. The first-order valence-electron chi connectivity index (χ1n) is 5.88. The second-order valence-electron chi connectivity index (χ2n) is 4.26. The van der Waals surface area contributed by atoms with Gasteiger partial charge in [0.05, 0.1) is 11.1 Å². The van der Waals surface area contributed by atoms with E-state index in [4.69, 9.17) is 23.2 Å². The van der Waals surface area contributed by atoms with Crippen LogP contribution >= 0.6 is 23.2 Å². The quantitative estimate of drug-likeness (QED) is 0.740. The van der Waals surface area contributed by atoms with Crippen LogP contribution < -0.4 is 0 Å². The first-order chi connectivity index (χ1) is 10.0. The summed E-state index contributed by atoms with van der Waals surface area (Å²) in [6.45, 7) is 0. The molecule has 0 atom stereocenters. The Bertz CT molecular complexity index is 752. The molecule has 0 saturated carbocycles. The lowest BCUT2D eigenvalue weighted by Gasteiger charge is -1.99. The predicted molar refractivity (Wildman–Crippen MR) is 77.2 cm³/mol. The number of halogens is 4. The Morgan fingerprint density at radius 3 is 2.00 bits per heavy atom. The highest BCUT2D eigenvalue weighted by atomic mass is 35.5. The Morgan fingerprint density at radius 2 is 1.43 bits per heavy atom. The van der Waals surface area contributed by atoms with Crippen LogP contribution in [0.25, 0.3) is 22.8 Å². The molecule has 1 aromatic heterocycles. The monoisotopic (exact) mass is 325 g/mol. The molecule has 0 saturated heterocycles. The fourth-order valence-electron chi connectivity index (χ4n) is 1.86. The fraction of sp³-hybridized carbons (Fsp3) is 0. The van der Waals surface area contributed by atoms with Gasteiger partial charge in [-0.3, -0.25) is 5.10 Å². The van der Waals surface area contributed by atoms with E-state index >= 15 is 0 Å². The Morgan fingerprint density at radius 1 is 0.857 bits per heavy atom. The summed E-state index contributed by atoms with van der Waals surface area (Å²) in [6.07, 6.45) is 0. The summed E-state index contributed by atoms with van der Waals surface area (Å²) in [5.41, 5.74) is 0.379. The van der Waals surface area contributed by atoms with Crippen LogP contribution in [0.15, 0.2) is 36.4 Å². The molecule has 7 heteroatoms. The molecule has 0 amide bonds. The largest absolute Gasteiger partial charge is 0.259 e. The molecule has 3 rings (SSSR count). The molecule has 0 aliphatic heterocycles. The summed E-state index contributed by atoms with van der Waals surface area (Å²) in [7, 11) is 0. The molecular formula is C14H7Cl2F2N3. The van der Waals surface area contributed by atoms with Crippen molar-refractivity contribution in [3.63, 3.8) is 0 Å². The molecule has 2 aromatic carbocycles. The maximum absolute atomic E-state index is 13.8. The minimum atomic E-state index is -0.551. The lowest BCUT2D eigenvalue weighted by atomic mass is 10.2. The number of rotatable bonds is 2. The Balaban J connectivity index is 2.03. The first-order valence-corrected chi connectivity index (χ1v) is 6.63. The standard InChI is InChI=1S/C14H7Cl2F2N3/c15-7-1-3-9(11(17)5-7)13-19-14(21-20-13)10-4-2-8(16)6-12(10)18/h1-6H,(H,19,20,21). The van der Waals surface area contributed by atoms with Crippen molar-refractivity contribution in [2.45, 2.75) is 0 Å². The van der Waals surface area contributed by atoms with Gasteiger partial charge in [0.25, 0.3) is 0 Å². The van der Waals surface area contributed by atoms with Crippen LogP contribution in [0.3, 0.4) is 0 Å². The van der Waals surface area contributed by atoms with Crippen LogP contribution in [0.4, 0.5) is 8.78 Å². The maximum atomic E-state index is 13.8. The molecule has 0 spiro atoms. The van der Waals surface area contributed by atoms with E-state index in [1.807, 2.05) is 0 Å². The van der Waals surface area contributed by atoms with E-state index in [0.29, 0.717) is 0 Å². The minimum absolute atomic E-state index is 0.119. The lowest BCUT2D eigenvalue weighted by Crippen LogP contribution is -1.88. The Kier molecular flexibility index (Phi) is 3.61. The zero-order chi connectivity index (χ0) is 15.0. The van der Waals surface area contributed by atoms with Gasteiger partial charge < -0.3 is 0 Å². The molecule has 0 unspecified atom stereocenters. The van der Waals surface area contributed by atoms with Crippen molar-refractivity contribution in [1.29, 1.82) is 0 Å². The average Bonchev–Trinajstić information content (AvgIpc) is 2.87. The van der Waals surface area contributed by atoms with Crippen molar-refractivity contribution in [2.75, 3.05) is 0 Å². The predicted octanol–water partition coefficient (Wildman–Crippen LogP) is 4.72. The number of hydrogen-bond acceptors (Lipinski definition) is 2. The third-order valence-electron chi connectivity index (χ3n) is 2.84. The second-order valence-corrected chi connectivity index (χ2v) is 5.13. The zero-order valence-electron chi connectivity index (χ0n) is 10.4. The van der Waals surface area contributed by atoms with Crippen LogP contribution in [0.2, 0.25) is 10.0 Å². The lowest BCUT2D eigenvalue weighted by molar-refractivity contribution is 0.630. The molecule has 0 bridgehead atoms. The van der Waals surface area contributed by atoms with Gasteiger partial charge in [0.1, 0.15) is 11.6 Å². The molecule has 0 aliphatic rings. The normalized spacial score (nSPS) is 10.9. The van der Waals surface area contributed by atoms with Gasteiger partial charge >= 0.3 is 0 Å². The van der Waals surface area contributed by atoms with Gasteiger partial charge in [-0.25, -0.2) is 13.8 Å². The summed E-state index contributed by atoms with van der Waals surface area (Å²) < 4.78 is 27.6. The molecule has 0 radical (unpaired) electrons. The van der Waals surface area contributed by atoms with Crippen LogP contribution in [0, 0.1) is 11.6 Å². The first kappa shape index (κ1) is 14.0. The molecule has 1 heterocycles. The van der Waals surface area contributed by atoms with Crippen LogP contribution in [0.5, 0.6) is 0 Å². The minimum Gasteiger partial charge on any atom is -0.259 e. The van der Waals surface area contributed by atoms with E-state index in [9.17, 15) is 8.78 Å². The van der Waals surface area contributed by atoms with E-state index in [1.54, 1.807) is 0 Å². The summed E-state index contributed by atoms with van der Waals surface area (Å²) in [6, 6.07) is 8.32. The van der Waals surface area contributed by atoms with Crippen molar-refractivity contribution >= 4 is 23.2 Å². The van der Waals surface area contributed by atoms with Gasteiger partial charge in [0, 0.05) is 10.0 Å². The summed E-state index contributed by atoms with van der Waals surface area (Å²) in [4.78, 5) is 4.10. The van der Waals surface area contributed by atoms with Crippen molar-refractivity contribution in [1.82, 2.24) is 15.2 Å².